The molecule has 0 bridgehead atoms. The van der Waals surface area contributed by atoms with Crippen molar-refractivity contribution >= 4 is 17.7 Å². The highest BCUT2D eigenvalue weighted by Gasteiger charge is 2.23. The number of carbonyl (C=O) groups excluding carboxylic acids is 1. The van der Waals surface area contributed by atoms with Gasteiger partial charge < -0.3 is 14.5 Å². The highest BCUT2D eigenvalue weighted by Crippen LogP contribution is 2.26. The van der Waals surface area contributed by atoms with Gasteiger partial charge >= 0.3 is 0 Å². The maximum absolute atomic E-state index is 12.2. The van der Waals surface area contributed by atoms with Crippen molar-refractivity contribution in [3.05, 3.63) is 35.2 Å². The molecule has 2 atom stereocenters. The molecule has 1 heterocycles. The third-order valence-corrected chi connectivity index (χ3v) is 6.73. The molecule has 1 saturated carbocycles. The van der Waals surface area contributed by atoms with E-state index in [9.17, 15) is 4.79 Å². The zero-order chi connectivity index (χ0) is 20.1. The molecule has 2 aliphatic carbocycles. The van der Waals surface area contributed by atoms with Crippen LogP contribution in [-0.2, 0) is 24.2 Å². The highest BCUT2D eigenvalue weighted by molar-refractivity contribution is 7.99. The predicted octanol–water partition coefficient (Wildman–Crippen LogP) is 4.31. The minimum atomic E-state index is 0.0267. The number of aryl methyl sites for hydroxylation is 2. The Kier molecular flexibility index (Phi) is 6.74. The van der Waals surface area contributed by atoms with Crippen LogP contribution in [0.4, 0.5) is 0 Å². The van der Waals surface area contributed by atoms with E-state index in [2.05, 4.69) is 34.6 Å². The molecule has 0 aliphatic heterocycles. The van der Waals surface area contributed by atoms with Gasteiger partial charge in [0, 0.05) is 6.04 Å². The van der Waals surface area contributed by atoms with Crippen LogP contribution in [0.15, 0.2) is 27.8 Å². The Bertz CT molecular complexity index is 838. The van der Waals surface area contributed by atoms with Crippen LogP contribution in [0, 0.1) is 5.92 Å². The molecular weight excluding hydrogens is 386 g/mol. The minimum Gasteiger partial charge on any atom is -0.484 e. The normalized spacial score (nSPS) is 21.4. The van der Waals surface area contributed by atoms with Crippen LogP contribution in [0.5, 0.6) is 5.75 Å². The van der Waals surface area contributed by atoms with Crippen LogP contribution in [0.25, 0.3) is 0 Å². The molecule has 1 fully saturated rings. The number of thioether (sulfide) groups is 1. The standard InChI is InChI=1S/C22H29N3O3S/c1-15-6-2-5-9-19(15)23-20(26)14-29-22-25-24-21(28-22)13-27-18-11-10-16-7-3-4-8-17(16)12-18/h10-12,15,19H,2-9,13-14H2,1H3,(H,23,26). The summed E-state index contributed by atoms with van der Waals surface area (Å²) in [6.45, 7) is 2.45. The van der Waals surface area contributed by atoms with E-state index in [1.54, 1.807) is 0 Å². The van der Waals surface area contributed by atoms with E-state index >= 15 is 0 Å². The van der Waals surface area contributed by atoms with E-state index in [-0.39, 0.29) is 18.3 Å². The fraction of sp³-hybridized carbons (Fsp3) is 0.591. The van der Waals surface area contributed by atoms with E-state index in [1.807, 2.05) is 6.07 Å². The fourth-order valence-corrected chi connectivity index (χ4v) is 4.80. The molecule has 7 heteroatoms. The first-order valence-corrected chi connectivity index (χ1v) is 11.6. The molecule has 1 N–H and O–H groups in total. The lowest BCUT2D eigenvalue weighted by molar-refractivity contribution is -0.119. The Morgan fingerprint density at radius 1 is 1.17 bits per heavy atom. The smallest absolute Gasteiger partial charge is 0.277 e. The Balaban J connectivity index is 1.23. The number of nitrogens with zero attached hydrogens (tertiary/aromatic N) is 2. The van der Waals surface area contributed by atoms with Crippen molar-refractivity contribution in [3.63, 3.8) is 0 Å². The number of hydrogen-bond acceptors (Lipinski definition) is 6. The first-order chi connectivity index (χ1) is 14.2. The third-order valence-electron chi connectivity index (χ3n) is 5.92. The van der Waals surface area contributed by atoms with Crippen LogP contribution in [0.2, 0.25) is 0 Å². The number of rotatable bonds is 7. The highest BCUT2D eigenvalue weighted by atomic mass is 32.2. The molecule has 156 valence electrons. The molecule has 0 radical (unpaired) electrons. The topological polar surface area (TPSA) is 77.2 Å². The summed E-state index contributed by atoms with van der Waals surface area (Å²) in [5.74, 6) is 2.12. The molecule has 0 saturated heterocycles. The van der Waals surface area contributed by atoms with Gasteiger partial charge in [0.05, 0.1) is 5.75 Å². The maximum atomic E-state index is 12.2. The Hall–Kier alpha value is -2.02. The molecular formula is C22H29N3O3S. The van der Waals surface area contributed by atoms with Gasteiger partial charge in [0.2, 0.25) is 5.91 Å². The lowest BCUT2D eigenvalue weighted by Gasteiger charge is -2.29. The second-order valence-corrected chi connectivity index (χ2v) is 9.04. The summed E-state index contributed by atoms with van der Waals surface area (Å²) in [7, 11) is 0. The minimum absolute atomic E-state index is 0.0267. The third kappa shape index (κ3) is 5.53. The Morgan fingerprint density at radius 2 is 2.00 bits per heavy atom. The van der Waals surface area contributed by atoms with E-state index < -0.39 is 0 Å². The largest absolute Gasteiger partial charge is 0.484 e. The number of aromatic nitrogens is 2. The average molecular weight is 416 g/mol. The van der Waals surface area contributed by atoms with Gasteiger partial charge in [-0.3, -0.25) is 4.79 Å². The summed E-state index contributed by atoms with van der Waals surface area (Å²) < 4.78 is 11.4. The molecule has 1 aromatic carbocycles. The molecule has 2 unspecified atom stereocenters. The summed E-state index contributed by atoms with van der Waals surface area (Å²) in [6, 6.07) is 6.58. The van der Waals surface area contributed by atoms with Gasteiger partial charge in [0.1, 0.15) is 5.75 Å². The lowest BCUT2D eigenvalue weighted by Crippen LogP contribution is -2.41. The monoisotopic (exact) mass is 415 g/mol. The SMILES string of the molecule is CC1CCCCC1NC(=O)CSc1nnc(COc2ccc3c(c2)CCCC3)o1. The van der Waals surface area contributed by atoms with Crippen LogP contribution in [-0.4, -0.2) is 27.9 Å². The van der Waals surface area contributed by atoms with Crippen LogP contribution in [0.3, 0.4) is 0 Å². The van der Waals surface area contributed by atoms with Crippen molar-refractivity contribution < 1.29 is 13.9 Å². The second kappa shape index (κ2) is 9.65. The predicted molar refractivity (Wildman–Crippen MR) is 112 cm³/mol. The average Bonchev–Trinajstić information content (AvgIpc) is 3.20. The van der Waals surface area contributed by atoms with Crippen LogP contribution in [0.1, 0.15) is 62.5 Å². The number of hydrogen-bond donors (Lipinski definition) is 1. The fourth-order valence-electron chi connectivity index (χ4n) is 4.21. The Labute approximate surface area is 176 Å². The van der Waals surface area contributed by atoms with Crippen LogP contribution < -0.4 is 10.1 Å². The first-order valence-electron chi connectivity index (χ1n) is 10.7. The van der Waals surface area contributed by atoms with Gasteiger partial charge in [-0.25, -0.2) is 0 Å². The van der Waals surface area contributed by atoms with Crippen molar-refractivity contribution in [1.29, 1.82) is 0 Å². The summed E-state index contributed by atoms with van der Waals surface area (Å²) >= 11 is 1.27. The molecule has 29 heavy (non-hydrogen) atoms. The molecule has 6 nitrogen and oxygen atoms in total. The van der Waals surface area contributed by atoms with Crippen molar-refractivity contribution in [2.24, 2.45) is 5.92 Å². The number of nitrogens with one attached hydrogen (secondary N) is 1. The number of carbonyl (C=O) groups is 1. The van der Waals surface area contributed by atoms with Crippen molar-refractivity contribution in [3.8, 4) is 5.75 Å². The molecule has 0 spiro atoms. The van der Waals surface area contributed by atoms with Gasteiger partial charge in [-0.15, -0.1) is 10.2 Å². The van der Waals surface area contributed by atoms with Crippen molar-refractivity contribution in [2.75, 3.05) is 5.75 Å². The van der Waals surface area contributed by atoms with Gasteiger partial charge in [0.25, 0.3) is 11.1 Å². The molecule has 1 aromatic heterocycles. The van der Waals surface area contributed by atoms with Crippen molar-refractivity contribution in [2.45, 2.75) is 76.2 Å². The lowest BCUT2D eigenvalue weighted by atomic mass is 9.86. The van der Waals surface area contributed by atoms with Crippen LogP contribution >= 0.6 is 11.8 Å². The number of benzene rings is 1. The second-order valence-electron chi connectivity index (χ2n) is 8.11. The zero-order valence-corrected chi connectivity index (χ0v) is 17.8. The van der Waals surface area contributed by atoms with Gasteiger partial charge in [-0.1, -0.05) is 37.6 Å². The number of fused-ring (bicyclic) bond motifs is 1. The summed E-state index contributed by atoms with van der Waals surface area (Å²) in [4.78, 5) is 12.2. The number of ether oxygens (including phenoxy) is 1. The van der Waals surface area contributed by atoms with Gasteiger partial charge in [-0.05, 0) is 67.7 Å². The van der Waals surface area contributed by atoms with E-state index in [0.29, 0.717) is 23.1 Å². The van der Waals surface area contributed by atoms with E-state index in [1.165, 1.54) is 55.0 Å². The summed E-state index contributed by atoms with van der Waals surface area (Å²) in [5.41, 5.74) is 2.81. The van der Waals surface area contributed by atoms with Gasteiger partial charge in [0.15, 0.2) is 6.61 Å². The molecule has 2 aliphatic rings. The molecule has 2 aromatic rings. The molecule has 1 amide bonds. The first kappa shape index (κ1) is 20.3. The van der Waals surface area contributed by atoms with Gasteiger partial charge in [-0.2, -0.15) is 0 Å². The summed E-state index contributed by atoms with van der Waals surface area (Å²) in [5, 5.41) is 11.6. The molecule has 4 rings (SSSR count). The zero-order valence-electron chi connectivity index (χ0n) is 17.0. The van der Waals surface area contributed by atoms with E-state index in [0.717, 1.165) is 25.0 Å². The van der Waals surface area contributed by atoms with Crippen molar-refractivity contribution in [1.82, 2.24) is 15.5 Å². The maximum Gasteiger partial charge on any atom is 0.277 e. The number of amides is 1. The Morgan fingerprint density at radius 3 is 2.86 bits per heavy atom. The summed E-state index contributed by atoms with van der Waals surface area (Å²) in [6.07, 6.45) is 9.52. The van der Waals surface area contributed by atoms with E-state index in [4.69, 9.17) is 9.15 Å². The quantitative estimate of drug-likeness (QED) is 0.679.